The highest BCUT2D eigenvalue weighted by Crippen LogP contribution is 2.43. The Morgan fingerprint density at radius 2 is 1.48 bits per heavy atom. The van der Waals surface area contributed by atoms with E-state index in [1.54, 1.807) is 12.1 Å². The van der Waals surface area contributed by atoms with Gasteiger partial charge in [0.2, 0.25) is 0 Å². The molecule has 0 aromatic heterocycles. The molecule has 71 heavy (non-hydrogen) atoms. The third-order valence-electron chi connectivity index (χ3n) is 14.6. The lowest BCUT2D eigenvalue weighted by molar-refractivity contribution is -0.0435. The number of hydrogen-bond donors (Lipinski definition) is 2. The largest absolute Gasteiger partial charge is 0.501 e. The Hall–Kier alpha value is -4.10. The topological polar surface area (TPSA) is 122 Å². The molecule has 3 heterocycles. The van der Waals surface area contributed by atoms with Gasteiger partial charge in [-0.25, -0.2) is 21.6 Å². The van der Waals surface area contributed by atoms with Crippen molar-refractivity contribution < 1.29 is 34.8 Å². The van der Waals surface area contributed by atoms with Gasteiger partial charge in [0, 0.05) is 104 Å². The normalized spacial score (nSPS) is 21.1. The number of amides is 1. The number of piperazine rings is 1. The molecule has 1 aliphatic carbocycles. The monoisotopic (exact) mass is 1050 g/mol. The molecule has 3 atom stereocenters. The minimum absolute atomic E-state index is 0.00545. The number of fused-ring (bicyclic) bond motifs is 1. The smallest absolute Gasteiger partial charge is 0.380 e. The van der Waals surface area contributed by atoms with Crippen molar-refractivity contribution in [1.29, 1.82) is 0 Å². The van der Waals surface area contributed by atoms with Crippen LogP contribution in [0.2, 0.25) is 5.02 Å². The van der Waals surface area contributed by atoms with Gasteiger partial charge in [-0.3, -0.25) is 14.6 Å². The van der Waals surface area contributed by atoms with Crippen LogP contribution in [0.1, 0.15) is 76.2 Å². The first-order valence-electron chi connectivity index (χ1n) is 24.4. The maximum absolute atomic E-state index is 14.4. The summed E-state index contributed by atoms with van der Waals surface area (Å²) in [5, 5.41) is 3.79. The number of rotatable bonds is 16. The van der Waals surface area contributed by atoms with E-state index >= 15 is 0 Å². The molecule has 0 unspecified atom stereocenters. The summed E-state index contributed by atoms with van der Waals surface area (Å²) in [6, 6.07) is 26.1. The molecule has 3 fully saturated rings. The van der Waals surface area contributed by atoms with Gasteiger partial charge in [-0.2, -0.15) is 13.2 Å². The van der Waals surface area contributed by atoms with Crippen molar-refractivity contribution in [1.82, 2.24) is 19.4 Å². The van der Waals surface area contributed by atoms with E-state index < -0.39 is 47.1 Å². The number of thioether (sulfide) groups is 1. The molecule has 1 amide bonds. The van der Waals surface area contributed by atoms with Gasteiger partial charge in [0.1, 0.15) is 4.90 Å². The van der Waals surface area contributed by atoms with Crippen LogP contribution in [-0.4, -0.2) is 126 Å². The fourth-order valence-corrected chi connectivity index (χ4v) is 13.6. The number of hydrogen-bond acceptors (Lipinski definition) is 11. The number of anilines is 2. The summed E-state index contributed by atoms with van der Waals surface area (Å²) in [5.41, 5.74) is -0.891. The summed E-state index contributed by atoms with van der Waals surface area (Å²) in [6.45, 7) is 19.7. The number of nitrogens with one attached hydrogen (secondary N) is 2. The lowest BCUT2D eigenvalue weighted by atomic mass is 9.73. The van der Waals surface area contributed by atoms with E-state index in [-0.39, 0.29) is 22.2 Å². The van der Waals surface area contributed by atoms with Gasteiger partial charge in [0.25, 0.3) is 25.8 Å². The van der Waals surface area contributed by atoms with E-state index in [1.165, 1.54) is 40.6 Å². The first-order valence-corrected chi connectivity index (χ1v) is 28.8. The first-order chi connectivity index (χ1) is 33.4. The molecule has 3 saturated heterocycles. The van der Waals surface area contributed by atoms with Crippen molar-refractivity contribution in [2.45, 2.75) is 92.1 Å². The summed E-state index contributed by atoms with van der Waals surface area (Å²) < 4.78 is 98.9. The van der Waals surface area contributed by atoms with Crippen LogP contribution in [0.15, 0.2) is 117 Å². The van der Waals surface area contributed by atoms with Crippen molar-refractivity contribution in [3.8, 4) is 0 Å². The Balaban J connectivity index is 0.927. The van der Waals surface area contributed by atoms with Gasteiger partial charge < -0.3 is 15.1 Å². The fraction of sp³-hybridized carbons (Fsp3) is 0.491. The molecule has 18 heteroatoms. The van der Waals surface area contributed by atoms with Crippen molar-refractivity contribution in [3.05, 3.63) is 119 Å². The number of sulfone groups is 1. The highest BCUT2D eigenvalue weighted by Gasteiger charge is 2.49. The average molecular weight is 1060 g/mol. The maximum Gasteiger partial charge on any atom is 0.501 e. The van der Waals surface area contributed by atoms with Crippen molar-refractivity contribution >= 4 is 66.1 Å². The molecule has 384 valence electrons. The zero-order chi connectivity index (χ0) is 50.9. The molecule has 0 spiro atoms. The predicted octanol–water partition coefficient (Wildman–Crippen LogP) is 10.2. The van der Waals surface area contributed by atoms with Crippen LogP contribution in [0.4, 0.5) is 24.5 Å². The molecule has 11 nitrogen and oxygen atoms in total. The lowest BCUT2D eigenvalue weighted by Gasteiger charge is -2.39. The third kappa shape index (κ3) is 13.0. The maximum atomic E-state index is 14.4. The van der Waals surface area contributed by atoms with Gasteiger partial charge in [0.15, 0.2) is 0 Å². The minimum atomic E-state index is -6.06. The summed E-state index contributed by atoms with van der Waals surface area (Å²) in [7, 11) is -10.9. The van der Waals surface area contributed by atoms with Crippen molar-refractivity contribution in [2.75, 3.05) is 81.4 Å². The number of carbonyl (C=O) groups is 1. The quantitative estimate of drug-likeness (QED) is 0.104. The Kier molecular flexibility index (Phi) is 16.0. The number of halogens is 4. The van der Waals surface area contributed by atoms with Crippen LogP contribution in [0.25, 0.3) is 5.57 Å². The van der Waals surface area contributed by atoms with Crippen LogP contribution >= 0.6 is 23.4 Å². The van der Waals surface area contributed by atoms with E-state index in [1.807, 2.05) is 47.2 Å². The number of sulfonamides is 1. The van der Waals surface area contributed by atoms with Crippen molar-refractivity contribution in [3.63, 3.8) is 0 Å². The van der Waals surface area contributed by atoms with E-state index in [9.17, 15) is 34.8 Å². The molecule has 4 aromatic carbocycles. The van der Waals surface area contributed by atoms with Gasteiger partial charge >= 0.3 is 5.51 Å². The van der Waals surface area contributed by atoms with Crippen LogP contribution in [0, 0.1) is 17.3 Å². The number of nitrogens with zero attached hydrogens (tertiary/aromatic N) is 4. The van der Waals surface area contributed by atoms with Gasteiger partial charge in [-0.15, -0.1) is 11.8 Å². The predicted molar refractivity (Wildman–Crippen MR) is 279 cm³/mol. The standard InChI is InChI=1S/C53H66ClF3N6O5S3/c1-51(2,3)63-34-40-32-61(33-41(40)35-63)24-22-43(36-69-45-9-7-6-8-10-45)58-48-20-19-46(29-49(48)70(65,66)53(55,56)57)71(67,68)59-50(64)38-13-17-44(18-14-38)62-27-25-60(26-28-62)31-39-30-52(4,5)23-21-47(39)37-11-15-42(54)16-12-37/h6-20,29,40-41,43,58H,21-28,30-36H2,1-5H3,(H,59,64)/t40-,41-,43-/m1/s1. The minimum Gasteiger partial charge on any atom is -0.380 e. The lowest BCUT2D eigenvalue weighted by Crippen LogP contribution is -2.47. The third-order valence-corrected chi connectivity index (χ3v) is 18.9. The SMILES string of the molecule is CC1(C)CCC(c2ccc(Cl)cc2)=C(CN2CCN(c3ccc(C(=O)NS(=O)(=O)c4ccc(N[C@H](CCN5C[C@@H]6CN(C(C)(C)C)C[C@H]6C5)CSc5ccccc5)c(S(=O)(=O)C(F)(F)F)c4)cc3)CC2)C1. The molecule has 3 aliphatic heterocycles. The number of allylic oxidation sites excluding steroid dienone is 1. The highest BCUT2D eigenvalue weighted by atomic mass is 35.5. The fourth-order valence-electron chi connectivity index (χ4n) is 10.5. The summed E-state index contributed by atoms with van der Waals surface area (Å²) >= 11 is 7.69. The molecular formula is C53H66ClF3N6O5S3. The second-order valence-corrected chi connectivity index (χ2v) is 26.5. The molecule has 0 saturated carbocycles. The summed E-state index contributed by atoms with van der Waals surface area (Å²) in [4.78, 5) is 21.9. The molecule has 8 rings (SSSR count). The van der Waals surface area contributed by atoms with E-state index in [0.29, 0.717) is 41.6 Å². The van der Waals surface area contributed by atoms with E-state index in [4.69, 9.17) is 11.6 Å². The first kappa shape index (κ1) is 53.2. The van der Waals surface area contributed by atoms with E-state index in [0.717, 1.165) is 101 Å². The van der Waals surface area contributed by atoms with Gasteiger partial charge in [-0.1, -0.05) is 61.4 Å². The van der Waals surface area contributed by atoms with Crippen LogP contribution in [-0.2, 0) is 19.9 Å². The summed E-state index contributed by atoms with van der Waals surface area (Å²) in [5.74, 6) is 0.411. The van der Waals surface area contributed by atoms with Crippen LogP contribution in [0.3, 0.4) is 0 Å². The number of likely N-dealkylation sites (tertiary alicyclic amines) is 2. The van der Waals surface area contributed by atoms with Crippen LogP contribution < -0.4 is 14.9 Å². The Morgan fingerprint density at radius 3 is 2.10 bits per heavy atom. The highest BCUT2D eigenvalue weighted by molar-refractivity contribution is 7.99. The Bertz CT molecular complexity index is 2770. The number of alkyl halides is 3. The van der Waals surface area contributed by atoms with E-state index in [2.05, 4.69) is 71.7 Å². The van der Waals surface area contributed by atoms with Crippen molar-refractivity contribution in [2.24, 2.45) is 17.3 Å². The molecule has 4 aromatic rings. The zero-order valence-electron chi connectivity index (χ0n) is 41.1. The van der Waals surface area contributed by atoms with Gasteiger partial charge in [-0.05, 0) is 142 Å². The number of benzene rings is 4. The Labute approximate surface area is 427 Å². The molecule has 0 radical (unpaired) electrons. The van der Waals surface area contributed by atoms with Crippen LogP contribution in [0.5, 0.6) is 0 Å². The summed E-state index contributed by atoms with van der Waals surface area (Å²) in [6.07, 6.45) is 3.65. The second kappa shape index (κ2) is 21.4. The van der Waals surface area contributed by atoms with Gasteiger partial charge in [0.05, 0.1) is 10.6 Å². The second-order valence-electron chi connectivity index (χ2n) is 21.4. The number of carbonyl (C=O) groups excluding carboxylic acids is 1. The average Bonchev–Trinajstić information content (AvgIpc) is 3.91. The molecule has 4 aliphatic rings. The molecule has 2 N–H and O–H groups in total. The zero-order valence-corrected chi connectivity index (χ0v) is 44.3. The molecule has 0 bridgehead atoms. The Morgan fingerprint density at radius 1 is 0.831 bits per heavy atom. The molecular weight excluding hydrogens is 989 g/mol.